The van der Waals surface area contributed by atoms with Crippen molar-refractivity contribution in [1.82, 2.24) is 5.32 Å². The fourth-order valence-corrected chi connectivity index (χ4v) is 5.22. The summed E-state index contributed by atoms with van der Waals surface area (Å²) in [5, 5.41) is 3.43. The van der Waals surface area contributed by atoms with Crippen LogP contribution in [0.5, 0.6) is 5.75 Å². The predicted molar refractivity (Wildman–Crippen MR) is 126 cm³/mol. The Labute approximate surface area is 195 Å². The molecule has 0 radical (unpaired) electrons. The molecule has 2 aromatic carbocycles. The second kappa shape index (κ2) is 8.73. The zero-order valence-corrected chi connectivity index (χ0v) is 20.7. The van der Waals surface area contributed by atoms with E-state index in [4.69, 9.17) is 14.2 Å². The standard InChI is InChI=1S/C27H34FNO4/c1-14-17-9-8-10-32-24(17)21(28)11-18(14)22-15(2)19-12-29-13-20(19)16(3)23(22)25(26(30)31-7)33-27(4,5)6/h11,25,29H,8-10,12-13H2,1-7H3/t25-/m0/s1. The van der Waals surface area contributed by atoms with E-state index in [0.29, 0.717) is 12.4 Å². The van der Waals surface area contributed by atoms with Gasteiger partial charge in [0, 0.05) is 24.2 Å². The molecule has 0 spiro atoms. The molecule has 178 valence electrons. The zero-order chi connectivity index (χ0) is 24.1. The average molecular weight is 456 g/mol. The van der Waals surface area contributed by atoms with E-state index in [0.717, 1.165) is 64.9 Å². The number of nitrogens with one attached hydrogen (secondary N) is 1. The van der Waals surface area contributed by atoms with Crippen LogP contribution in [0.2, 0.25) is 0 Å². The second-order valence-corrected chi connectivity index (χ2v) is 10.0. The van der Waals surface area contributed by atoms with Crippen LogP contribution in [0.25, 0.3) is 11.1 Å². The van der Waals surface area contributed by atoms with E-state index in [1.807, 2.05) is 34.6 Å². The van der Waals surface area contributed by atoms with Gasteiger partial charge < -0.3 is 19.5 Å². The lowest BCUT2D eigenvalue weighted by molar-refractivity contribution is -0.164. The molecule has 0 amide bonds. The predicted octanol–water partition coefficient (Wildman–Crippen LogP) is 5.38. The molecule has 0 aliphatic carbocycles. The number of methoxy groups -OCH3 is 1. The van der Waals surface area contributed by atoms with Crippen LogP contribution < -0.4 is 10.1 Å². The van der Waals surface area contributed by atoms with Gasteiger partial charge in [-0.15, -0.1) is 0 Å². The third-order valence-electron chi connectivity index (χ3n) is 6.78. The number of rotatable bonds is 4. The van der Waals surface area contributed by atoms with Crippen molar-refractivity contribution < 1.29 is 23.4 Å². The summed E-state index contributed by atoms with van der Waals surface area (Å²) in [6.07, 6.45) is 0.697. The van der Waals surface area contributed by atoms with Gasteiger partial charge in [0.25, 0.3) is 0 Å². The van der Waals surface area contributed by atoms with Crippen LogP contribution in [0.3, 0.4) is 0 Å². The molecule has 0 saturated carbocycles. The number of fused-ring (bicyclic) bond motifs is 2. The maximum absolute atomic E-state index is 15.3. The number of carbonyl (C=O) groups excluding carboxylic acids is 1. The van der Waals surface area contributed by atoms with Crippen LogP contribution in [0.1, 0.15) is 72.2 Å². The molecule has 0 fully saturated rings. The van der Waals surface area contributed by atoms with Crippen molar-refractivity contribution in [2.24, 2.45) is 0 Å². The quantitative estimate of drug-likeness (QED) is 0.628. The lowest BCUT2D eigenvalue weighted by Gasteiger charge is -2.31. The van der Waals surface area contributed by atoms with E-state index >= 15 is 4.39 Å². The molecular weight excluding hydrogens is 421 g/mol. The minimum Gasteiger partial charge on any atom is -0.490 e. The number of hydrogen-bond acceptors (Lipinski definition) is 5. The molecule has 4 rings (SSSR count). The highest BCUT2D eigenvalue weighted by molar-refractivity contribution is 5.86. The fraction of sp³-hybridized carbons (Fsp3) is 0.519. The number of benzene rings is 2. The molecule has 0 aromatic heterocycles. The Kier molecular flexibility index (Phi) is 6.27. The minimum atomic E-state index is -0.927. The summed E-state index contributed by atoms with van der Waals surface area (Å²) in [5.41, 5.74) is 8.13. The van der Waals surface area contributed by atoms with E-state index in [1.54, 1.807) is 6.07 Å². The van der Waals surface area contributed by atoms with Crippen LogP contribution in [-0.4, -0.2) is 25.3 Å². The summed E-state index contributed by atoms with van der Waals surface area (Å²) in [6.45, 7) is 13.9. The summed E-state index contributed by atoms with van der Waals surface area (Å²) in [5.74, 6) is -0.464. The van der Waals surface area contributed by atoms with Crippen LogP contribution in [0.4, 0.5) is 4.39 Å². The molecule has 2 aromatic rings. The number of ether oxygens (including phenoxy) is 3. The van der Waals surface area contributed by atoms with Gasteiger partial charge in [-0.05, 0) is 99.4 Å². The van der Waals surface area contributed by atoms with Crippen LogP contribution >= 0.6 is 0 Å². The van der Waals surface area contributed by atoms with Gasteiger partial charge in [0.1, 0.15) is 0 Å². The lowest BCUT2D eigenvalue weighted by atomic mass is 9.80. The number of carbonyl (C=O) groups is 1. The van der Waals surface area contributed by atoms with Crippen molar-refractivity contribution in [1.29, 1.82) is 0 Å². The highest BCUT2D eigenvalue weighted by atomic mass is 19.1. The van der Waals surface area contributed by atoms with Gasteiger partial charge in [-0.25, -0.2) is 9.18 Å². The molecule has 0 saturated heterocycles. The van der Waals surface area contributed by atoms with Gasteiger partial charge >= 0.3 is 5.97 Å². The van der Waals surface area contributed by atoms with E-state index in [-0.39, 0.29) is 5.82 Å². The Balaban J connectivity index is 2.06. The monoisotopic (exact) mass is 455 g/mol. The first kappa shape index (κ1) is 23.7. The first-order valence-electron chi connectivity index (χ1n) is 11.6. The third-order valence-corrected chi connectivity index (χ3v) is 6.78. The number of halogens is 1. The summed E-state index contributed by atoms with van der Waals surface area (Å²) < 4.78 is 32.4. The molecule has 2 heterocycles. The van der Waals surface area contributed by atoms with Gasteiger partial charge in [0.2, 0.25) is 0 Å². The molecule has 0 unspecified atom stereocenters. The van der Waals surface area contributed by atoms with Crippen LogP contribution in [0, 0.1) is 26.6 Å². The van der Waals surface area contributed by atoms with Crippen LogP contribution in [0.15, 0.2) is 6.07 Å². The number of hydrogen-bond donors (Lipinski definition) is 1. The molecule has 33 heavy (non-hydrogen) atoms. The fourth-order valence-electron chi connectivity index (χ4n) is 5.22. The van der Waals surface area contributed by atoms with E-state index < -0.39 is 17.7 Å². The van der Waals surface area contributed by atoms with Crippen molar-refractivity contribution in [3.63, 3.8) is 0 Å². The van der Waals surface area contributed by atoms with Crippen molar-refractivity contribution in [3.8, 4) is 16.9 Å². The molecule has 2 aliphatic rings. The van der Waals surface area contributed by atoms with Crippen LogP contribution in [-0.2, 0) is 33.8 Å². The molecule has 2 aliphatic heterocycles. The Morgan fingerprint density at radius 3 is 2.39 bits per heavy atom. The van der Waals surface area contributed by atoms with E-state index in [9.17, 15) is 4.79 Å². The minimum absolute atomic E-state index is 0.358. The molecule has 1 N–H and O–H groups in total. The summed E-state index contributed by atoms with van der Waals surface area (Å²) in [4.78, 5) is 13.1. The summed E-state index contributed by atoms with van der Waals surface area (Å²) >= 11 is 0. The largest absolute Gasteiger partial charge is 0.490 e. The topological polar surface area (TPSA) is 56.8 Å². The third kappa shape index (κ3) is 4.15. The van der Waals surface area contributed by atoms with E-state index in [2.05, 4.69) is 12.2 Å². The second-order valence-electron chi connectivity index (χ2n) is 10.0. The smallest absolute Gasteiger partial charge is 0.339 e. The highest BCUT2D eigenvalue weighted by Gasteiger charge is 2.36. The Morgan fingerprint density at radius 1 is 1.09 bits per heavy atom. The maximum Gasteiger partial charge on any atom is 0.339 e. The van der Waals surface area contributed by atoms with E-state index in [1.165, 1.54) is 18.2 Å². The number of esters is 1. The SMILES string of the molecule is COC(=O)[C@@H](OC(C)(C)C)c1c(C)c2c(c(C)c1-c1cc(F)c3c(c1C)CCCO3)CNC2. The Bertz CT molecular complexity index is 1120. The average Bonchev–Trinajstić information content (AvgIpc) is 3.27. The lowest BCUT2D eigenvalue weighted by Crippen LogP contribution is -2.29. The van der Waals surface area contributed by atoms with Gasteiger partial charge in [0.15, 0.2) is 17.7 Å². The highest BCUT2D eigenvalue weighted by Crippen LogP contribution is 2.46. The maximum atomic E-state index is 15.3. The first-order chi connectivity index (χ1) is 15.5. The normalized spacial score (nSPS) is 16.1. The van der Waals surface area contributed by atoms with Gasteiger partial charge in [-0.2, -0.15) is 0 Å². The molecule has 0 bridgehead atoms. The van der Waals surface area contributed by atoms with Crippen molar-refractivity contribution in [2.45, 2.75) is 79.2 Å². The Hall–Kier alpha value is -2.44. The van der Waals surface area contributed by atoms with Gasteiger partial charge in [-0.1, -0.05) is 0 Å². The van der Waals surface area contributed by atoms with Crippen molar-refractivity contribution >= 4 is 5.97 Å². The zero-order valence-electron chi connectivity index (χ0n) is 20.7. The molecule has 1 atom stereocenters. The molecule has 5 nitrogen and oxygen atoms in total. The summed E-state index contributed by atoms with van der Waals surface area (Å²) in [7, 11) is 1.37. The van der Waals surface area contributed by atoms with Crippen molar-refractivity contribution in [3.05, 3.63) is 50.8 Å². The van der Waals surface area contributed by atoms with Gasteiger partial charge in [0.05, 0.1) is 19.3 Å². The molecular formula is C27H34FNO4. The van der Waals surface area contributed by atoms with Gasteiger partial charge in [-0.3, -0.25) is 0 Å². The van der Waals surface area contributed by atoms with Crippen molar-refractivity contribution in [2.75, 3.05) is 13.7 Å². The first-order valence-corrected chi connectivity index (χ1v) is 11.6. The molecule has 6 heteroatoms. The summed E-state index contributed by atoms with van der Waals surface area (Å²) in [6, 6.07) is 1.56. The Morgan fingerprint density at radius 2 is 1.76 bits per heavy atom.